The first-order valence-electron chi connectivity index (χ1n) is 9.26. The van der Waals surface area contributed by atoms with Gasteiger partial charge in [0.25, 0.3) is 0 Å². The largest absolute Gasteiger partial charge is 0.481 e. The molecule has 0 radical (unpaired) electrons. The third-order valence-electron chi connectivity index (χ3n) is 4.32. The van der Waals surface area contributed by atoms with Crippen molar-refractivity contribution in [3.63, 3.8) is 0 Å². The normalized spacial score (nSPS) is 12.5. The van der Waals surface area contributed by atoms with Gasteiger partial charge in [-0.05, 0) is 11.6 Å². The Bertz CT molecular complexity index is 987. The summed E-state index contributed by atoms with van der Waals surface area (Å²) in [6.45, 7) is -1.16. The molecule has 1 heterocycles. The fraction of sp³-hybridized carbons (Fsp3) is 0.316. The number of nitrogens with two attached hydrogens (primary N) is 1. The van der Waals surface area contributed by atoms with Gasteiger partial charge in [-0.25, -0.2) is 0 Å². The number of carboxylic acids is 2. The van der Waals surface area contributed by atoms with Gasteiger partial charge < -0.3 is 36.9 Å². The molecule has 0 aliphatic carbocycles. The number of para-hydroxylation sites is 1. The Morgan fingerprint density at radius 3 is 2.32 bits per heavy atom. The second kappa shape index (κ2) is 10.7. The molecule has 8 N–H and O–H groups in total. The number of aliphatic carboxylic acids is 2. The zero-order valence-electron chi connectivity index (χ0n) is 16.4. The van der Waals surface area contributed by atoms with E-state index >= 15 is 0 Å². The Morgan fingerprint density at radius 2 is 1.65 bits per heavy atom. The lowest BCUT2D eigenvalue weighted by Gasteiger charge is -2.18. The summed E-state index contributed by atoms with van der Waals surface area (Å²) in [6.07, 6.45) is 1.14. The zero-order chi connectivity index (χ0) is 23.0. The highest BCUT2D eigenvalue weighted by Crippen LogP contribution is 2.19. The molecule has 2 rings (SSSR count). The van der Waals surface area contributed by atoms with Crippen molar-refractivity contribution in [3.8, 4) is 0 Å². The van der Waals surface area contributed by atoms with Gasteiger partial charge in [-0.2, -0.15) is 0 Å². The van der Waals surface area contributed by atoms with Gasteiger partial charge in [-0.1, -0.05) is 18.2 Å². The van der Waals surface area contributed by atoms with Crippen LogP contribution in [0.1, 0.15) is 12.0 Å². The molecule has 1 aromatic heterocycles. The number of benzene rings is 1. The maximum atomic E-state index is 12.4. The van der Waals surface area contributed by atoms with E-state index in [4.69, 9.17) is 15.9 Å². The van der Waals surface area contributed by atoms with Crippen LogP contribution in [0.4, 0.5) is 0 Å². The predicted molar refractivity (Wildman–Crippen MR) is 108 cm³/mol. The summed E-state index contributed by atoms with van der Waals surface area (Å²) in [7, 11) is 0. The van der Waals surface area contributed by atoms with Crippen molar-refractivity contribution in [2.24, 2.45) is 5.73 Å². The molecule has 1 aromatic carbocycles. The number of amides is 3. The SMILES string of the molecule is NC(CC(=O)O)C(=O)NCC(=O)NC(Cc1c[nH]c2ccccc12)C(=O)NCC(=O)O. The molecule has 0 spiro atoms. The van der Waals surface area contributed by atoms with E-state index in [0.717, 1.165) is 16.5 Å². The van der Waals surface area contributed by atoms with Crippen molar-refractivity contribution in [2.75, 3.05) is 13.1 Å². The van der Waals surface area contributed by atoms with Crippen LogP contribution in [0, 0.1) is 0 Å². The summed E-state index contributed by atoms with van der Waals surface area (Å²) in [6, 6.07) is 4.88. The van der Waals surface area contributed by atoms with Gasteiger partial charge in [-0.15, -0.1) is 0 Å². The molecule has 12 heteroatoms. The summed E-state index contributed by atoms with van der Waals surface area (Å²) in [5, 5.41) is 25.1. The minimum absolute atomic E-state index is 0.0632. The molecule has 12 nitrogen and oxygen atoms in total. The highest BCUT2D eigenvalue weighted by molar-refractivity contribution is 5.93. The van der Waals surface area contributed by atoms with Gasteiger partial charge in [0.1, 0.15) is 12.6 Å². The number of fused-ring (bicyclic) bond motifs is 1. The fourth-order valence-electron chi connectivity index (χ4n) is 2.84. The monoisotopic (exact) mass is 433 g/mol. The first-order valence-corrected chi connectivity index (χ1v) is 9.26. The molecule has 166 valence electrons. The smallest absolute Gasteiger partial charge is 0.322 e. The summed E-state index contributed by atoms with van der Waals surface area (Å²) in [4.78, 5) is 60.8. The number of aromatic amines is 1. The van der Waals surface area contributed by atoms with Crippen LogP contribution in [0.2, 0.25) is 0 Å². The summed E-state index contributed by atoms with van der Waals surface area (Å²) in [5.41, 5.74) is 6.97. The maximum absolute atomic E-state index is 12.4. The number of H-pyrrole nitrogens is 1. The second-order valence-corrected chi connectivity index (χ2v) is 6.72. The van der Waals surface area contributed by atoms with Gasteiger partial charge in [0.15, 0.2) is 0 Å². The van der Waals surface area contributed by atoms with Crippen LogP contribution in [-0.2, 0) is 30.4 Å². The van der Waals surface area contributed by atoms with Crippen LogP contribution in [0.25, 0.3) is 10.9 Å². The third-order valence-corrected chi connectivity index (χ3v) is 4.32. The fourth-order valence-corrected chi connectivity index (χ4v) is 2.84. The topological polar surface area (TPSA) is 204 Å². The molecule has 0 bridgehead atoms. The van der Waals surface area contributed by atoms with Crippen molar-refractivity contribution in [2.45, 2.75) is 24.9 Å². The lowest BCUT2D eigenvalue weighted by Crippen LogP contribution is -2.52. The summed E-state index contributed by atoms with van der Waals surface area (Å²) >= 11 is 0. The Kier molecular flexibility index (Phi) is 8.09. The van der Waals surface area contributed by atoms with Gasteiger partial charge in [0.2, 0.25) is 17.7 Å². The van der Waals surface area contributed by atoms with Gasteiger partial charge >= 0.3 is 11.9 Å². The van der Waals surface area contributed by atoms with Crippen molar-refractivity contribution in [1.29, 1.82) is 0 Å². The highest BCUT2D eigenvalue weighted by atomic mass is 16.4. The van der Waals surface area contributed by atoms with Crippen LogP contribution in [0.15, 0.2) is 30.5 Å². The van der Waals surface area contributed by atoms with E-state index < -0.39 is 61.3 Å². The number of hydrogen-bond donors (Lipinski definition) is 7. The Hall–Kier alpha value is -3.93. The summed E-state index contributed by atoms with van der Waals surface area (Å²) in [5.74, 6) is -4.78. The Morgan fingerprint density at radius 1 is 0.968 bits per heavy atom. The van der Waals surface area contributed by atoms with E-state index in [0.29, 0.717) is 0 Å². The van der Waals surface area contributed by atoms with E-state index in [1.165, 1.54) is 0 Å². The van der Waals surface area contributed by atoms with E-state index in [1.54, 1.807) is 6.20 Å². The zero-order valence-corrected chi connectivity index (χ0v) is 16.4. The van der Waals surface area contributed by atoms with Crippen molar-refractivity contribution in [3.05, 3.63) is 36.0 Å². The van der Waals surface area contributed by atoms with Gasteiger partial charge in [0.05, 0.1) is 19.0 Å². The van der Waals surface area contributed by atoms with Crippen LogP contribution in [0.3, 0.4) is 0 Å². The average molecular weight is 433 g/mol. The molecule has 2 atom stereocenters. The van der Waals surface area contributed by atoms with Gasteiger partial charge in [0, 0.05) is 23.5 Å². The number of hydrogen-bond acceptors (Lipinski definition) is 6. The minimum atomic E-state index is -1.33. The first kappa shape index (κ1) is 23.3. The second-order valence-electron chi connectivity index (χ2n) is 6.72. The molecular formula is C19H23N5O7. The molecule has 0 aliphatic rings. The van der Waals surface area contributed by atoms with E-state index in [-0.39, 0.29) is 6.42 Å². The summed E-state index contributed by atoms with van der Waals surface area (Å²) < 4.78 is 0. The van der Waals surface area contributed by atoms with Crippen molar-refractivity contribution < 1.29 is 34.2 Å². The van der Waals surface area contributed by atoms with Crippen molar-refractivity contribution >= 4 is 40.6 Å². The molecular weight excluding hydrogens is 410 g/mol. The molecule has 0 fully saturated rings. The number of carboxylic acid groups (broad SMARTS) is 2. The molecule has 0 saturated carbocycles. The standard InChI is InChI=1S/C19H23N5O7/c20-12(6-16(26)27)18(30)22-8-15(25)24-14(19(31)23-9-17(28)29)5-10-7-21-13-4-2-1-3-11(10)13/h1-4,7,12,14,21H,5-6,8-9,20H2,(H,22,30)(H,23,31)(H,24,25)(H,26,27)(H,28,29). The van der Waals surface area contributed by atoms with E-state index in [1.807, 2.05) is 24.3 Å². The molecule has 0 saturated heterocycles. The molecule has 0 aliphatic heterocycles. The van der Waals surface area contributed by atoms with Gasteiger partial charge in [-0.3, -0.25) is 24.0 Å². The van der Waals surface area contributed by atoms with Crippen LogP contribution < -0.4 is 21.7 Å². The predicted octanol–water partition coefficient (Wildman–Crippen LogP) is -1.69. The number of carbonyl (C=O) groups excluding carboxylic acids is 3. The maximum Gasteiger partial charge on any atom is 0.322 e. The van der Waals surface area contributed by atoms with E-state index in [9.17, 15) is 24.0 Å². The Labute approximate surface area is 176 Å². The van der Waals surface area contributed by atoms with E-state index in [2.05, 4.69) is 20.9 Å². The highest BCUT2D eigenvalue weighted by Gasteiger charge is 2.24. The van der Waals surface area contributed by atoms with Crippen molar-refractivity contribution in [1.82, 2.24) is 20.9 Å². The minimum Gasteiger partial charge on any atom is -0.481 e. The molecule has 2 unspecified atom stereocenters. The molecule has 2 aromatic rings. The number of aromatic nitrogens is 1. The van der Waals surface area contributed by atoms with Crippen LogP contribution in [-0.4, -0.2) is 70.0 Å². The number of carbonyl (C=O) groups is 5. The van der Waals surface area contributed by atoms with Crippen LogP contribution in [0.5, 0.6) is 0 Å². The molecule has 31 heavy (non-hydrogen) atoms. The quantitative estimate of drug-likeness (QED) is 0.217. The lowest BCUT2D eigenvalue weighted by molar-refractivity contribution is -0.139. The third kappa shape index (κ3) is 7.12. The molecule has 3 amide bonds. The number of rotatable bonds is 11. The Balaban J connectivity index is 2.05. The lowest BCUT2D eigenvalue weighted by atomic mass is 10.0. The van der Waals surface area contributed by atoms with Crippen LogP contribution >= 0.6 is 0 Å². The number of nitrogens with one attached hydrogen (secondary N) is 4. The average Bonchev–Trinajstić information content (AvgIpc) is 3.12. The first-order chi connectivity index (χ1) is 14.7.